The first-order valence-electron chi connectivity index (χ1n) is 1.21. The second kappa shape index (κ2) is 3.21. The monoisotopic (exact) mass is 198 g/mol. The van der Waals surface area contributed by atoms with Crippen molar-refractivity contribution in [3.8, 4) is 0 Å². The Kier molecular flexibility index (Phi) is 3.87. The van der Waals surface area contributed by atoms with E-state index in [1.165, 1.54) is 0 Å². The zero-order valence-electron chi connectivity index (χ0n) is 2.99. The van der Waals surface area contributed by atoms with Crippen LogP contribution in [0.25, 0.3) is 0 Å². The number of rotatable bonds is 1. The van der Waals surface area contributed by atoms with Crippen LogP contribution in [-0.4, -0.2) is 12.3 Å². The van der Waals surface area contributed by atoms with E-state index in [0.29, 0.717) is 0 Å². The second-order valence-corrected chi connectivity index (χ2v) is 2.95. The van der Waals surface area contributed by atoms with Crippen molar-refractivity contribution < 1.29 is 0 Å². The van der Waals surface area contributed by atoms with Crippen LogP contribution in [0.4, 0.5) is 0 Å². The van der Waals surface area contributed by atoms with Gasteiger partial charge in [0.1, 0.15) is 0 Å². The molecule has 0 aromatic carbocycles. The summed E-state index contributed by atoms with van der Waals surface area (Å²) in [4.78, 5) is 1.16. The molecule has 28 valence electrons. The van der Waals surface area contributed by atoms with Crippen molar-refractivity contribution >= 4 is 42.4 Å². The predicted octanol–water partition coefficient (Wildman–Crippen LogP) is 1.12. The molecule has 0 aliphatic heterocycles. The summed E-state index contributed by atoms with van der Waals surface area (Å²) in [5, 5.41) is 0. The van der Waals surface area contributed by atoms with Crippen LogP contribution in [-0.2, 0) is 0 Å². The van der Waals surface area contributed by atoms with E-state index < -0.39 is 0 Å². The minimum atomic E-state index is 1.16. The molecule has 0 N–H and O–H groups in total. The number of halogens is 1. The minimum absolute atomic E-state index is 1.16. The van der Waals surface area contributed by atoms with Crippen molar-refractivity contribution in [2.24, 2.45) is 0 Å². The Morgan fingerprint density at radius 1 is 2.00 bits per heavy atom. The Balaban J connectivity index is 2.85. The zero-order chi connectivity index (χ0) is 4.28. The molecule has 0 amide bonds. The molecule has 0 saturated carbocycles. The van der Waals surface area contributed by atoms with E-state index in [-0.39, 0.29) is 0 Å². The SMILES string of the molecule is B=C(C)SI. The van der Waals surface area contributed by atoms with Crippen molar-refractivity contribution in [1.29, 1.82) is 0 Å². The fraction of sp³-hybridized carbons (Fsp3) is 0.500. The molecule has 0 heterocycles. The average molecular weight is 198 g/mol. The Bertz CT molecular complexity index is 44.9. The Morgan fingerprint density at radius 3 is 2.20 bits per heavy atom. The summed E-state index contributed by atoms with van der Waals surface area (Å²) in [7, 11) is 5.28. The van der Waals surface area contributed by atoms with E-state index in [0.717, 1.165) is 4.80 Å². The van der Waals surface area contributed by atoms with Gasteiger partial charge in [-0.2, -0.15) is 0 Å². The van der Waals surface area contributed by atoms with Gasteiger partial charge in [0.05, 0.1) is 0 Å². The molecule has 0 unspecified atom stereocenters. The first kappa shape index (κ1) is 6.01. The van der Waals surface area contributed by atoms with Crippen LogP contribution in [0.2, 0.25) is 0 Å². The van der Waals surface area contributed by atoms with Crippen LogP contribution in [0.1, 0.15) is 6.92 Å². The molecular weight excluding hydrogens is 194 g/mol. The third kappa shape index (κ3) is 5.01. The normalized spacial score (nSPS) is 7.40. The molecule has 3 heteroatoms. The van der Waals surface area contributed by atoms with Crippen LogP contribution in [0.3, 0.4) is 0 Å². The summed E-state index contributed by atoms with van der Waals surface area (Å²) >= 11 is 2.19. The maximum absolute atomic E-state index is 3.63. The van der Waals surface area contributed by atoms with E-state index >= 15 is 0 Å². The average Bonchev–Trinajstić information content (AvgIpc) is 1.38. The molecule has 0 aromatic heterocycles. The van der Waals surface area contributed by atoms with Crippen molar-refractivity contribution in [3.63, 3.8) is 0 Å². The van der Waals surface area contributed by atoms with Crippen molar-refractivity contribution in [2.45, 2.75) is 6.92 Å². The number of hydrogen-bond acceptors (Lipinski definition) is 1. The third-order valence-corrected chi connectivity index (χ3v) is 2.65. The molecule has 0 fully saturated rings. The molecule has 0 saturated heterocycles. The molecule has 0 nitrogen and oxygen atoms in total. The summed E-state index contributed by atoms with van der Waals surface area (Å²) in [6.07, 6.45) is 0. The van der Waals surface area contributed by atoms with Crippen molar-refractivity contribution in [3.05, 3.63) is 0 Å². The number of hydrogen-bond donors (Lipinski definition) is 0. The van der Waals surface area contributed by atoms with Crippen LogP contribution >= 0.6 is 30.1 Å². The van der Waals surface area contributed by atoms with Crippen LogP contribution < -0.4 is 0 Å². The molecule has 0 bridgehead atoms. The molecular formula is C2H4BIS. The van der Waals surface area contributed by atoms with Crippen molar-refractivity contribution in [2.75, 3.05) is 0 Å². The Morgan fingerprint density at radius 2 is 2.20 bits per heavy atom. The van der Waals surface area contributed by atoms with Crippen LogP contribution in [0.15, 0.2) is 0 Å². The predicted molar refractivity (Wildman–Crippen MR) is 39.4 cm³/mol. The molecule has 0 aliphatic rings. The van der Waals surface area contributed by atoms with E-state index in [1.54, 1.807) is 8.93 Å². The van der Waals surface area contributed by atoms with E-state index in [2.05, 4.69) is 28.7 Å². The van der Waals surface area contributed by atoms with E-state index in [4.69, 9.17) is 0 Å². The summed E-state index contributed by atoms with van der Waals surface area (Å²) in [5.74, 6) is 0. The van der Waals surface area contributed by atoms with Gasteiger partial charge in [0, 0.05) is 0 Å². The van der Waals surface area contributed by atoms with Crippen molar-refractivity contribution in [1.82, 2.24) is 0 Å². The van der Waals surface area contributed by atoms with Gasteiger partial charge in [-0.25, -0.2) is 0 Å². The zero-order valence-corrected chi connectivity index (χ0v) is 5.97. The van der Waals surface area contributed by atoms with Gasteiger partial charge in [0.15, 0.2) is 0 Å². The molecule has 5 heavy (non-hydrogen) atoms. The van der Waals surface area contributed by atoms with Crippen LogP contribution in [0.5, 0.6) is 0 Å². The van der Waals surface area contributed by atoms with Gasteiger partial charge in [-0.3, -0.25) is 0 Å². The van der Waals surface area contributed by atoms with Crippen LogP contribution in [0, 0.1) is 0 Å². The Labute approximate surface area is 49.4 Å². The topological polar surface area (TPSA) is 0 Å². The summed E-state index contributed by atoms with van der Waals surface area (Å²) < 4.78 is 0. The standard InChI is InChI=1S/C2H4BIS/c1-2(3)5-4/h3H,1H3. The van der Waals surface area contributed by atoms with E-state index in [9.17, 15) is 0 Å². The summed E-state index contributed by atoms with van der Waals surface area (Å²) in [5.41, 5.74) is 0. The van der Waals surface area contributed by atoms with Gasteiger partial charge in [-0.15, -0.1) is 0 Å². The van der Waals surface area contributed by atoms with Gasteiger partial charge in [-0.05, 0) is 0 Å². The first-order valence-corrected chi connectivity index (χ1v) is 4.57. The van der Waals surface area contributed by atoms with Gasteiger partial charge >= 0.3 is 49.3 Å². The molecule has 0 atom stereocenters. The quantitative estimate of drug-likeness (QED) is 0.449. The first-order chi connectivity index (χ1) is 2.27. The van der Waals surface area contributed by atoms with E-state index in [1.807, 2.05) is 6.92 Å². The molecule has 0 aromatic rings. The fourth-order valence-corrected chi connectivity index (χ4v) is 0. The molecule has 0 rings (SSSR count). The third-order valence-electron chi connectivity index (χ3n) is 0.132. The van der Waals surface area contributed by atoms with Gasteiger partial charge in [0.2, 0.25) is 0 Å². The van der Waals surface area contributed by atoms with Gasteiger partial charge in [0.25, 0.3) is 0 Å². The Hall–Kier alpha value is 1.01. The molecule has 0 spiro atoms. The van der Waals surface area contributed by atoms with Gasteiger partial charge < -0.3 is 0 Å². The maximum atomic E-state index is 3.63. The summed E-state index contributed by atoms with van der Waals surface area (Å²) in [6, 6.07) is 0. The second-order valence-electron chi connectivity index (χ2n) is 0.779. The molecule has 0 aliphatic carbocycles. The van der Waals surface area contributed by atoms with Gasteiger partial charge in [-0.1, -0.05) is 0 Å². The summed E-state index contributed by atoms with van der Waals surface area (Å²) in [6.45, 7) is 1.98. The fourth-order valence-electron chi connectivity index (χ4n) is 0. The molecule has 0 radical (unpaired) electrons.